The van der Waals surface area contributed by atoms with Crippen molar-refractivity contribution in [2.24, 2.45) is 0 Å². The molecular formula is C12H11N5O3. The normalized spacial score (nSPS) is 9.80. The van der Waals surface area contributed by atoms with Crippen LogP contribution in [0, 0.1) is 0 Å². The average Bonchev–Trinajstić information content (AvgIpc) is 2.47. The van der Waals surface area contributed by atoms with Gasteiger partial charge in [0, 0.05) is 6.20 Å². The number of pyridine rings is 1. The maximum atomic E-state index is 11.6. The Balaban J connectivity index is 1.86. The Morgan fingerprint density at radius 3 is 2.70 bits per heavy atom. The molecule has 2 rings (SSSR count). The zero-order chi connectivity index (χ0) is 14.4. The SMILES string of the molecule is O=C(NCc1cccnn1)Nc1ccc(C(=O)O)nc1. The first-order valence-corrected chi connectivity index (χ1v) is 5.66. The number of carboxylic acids is 1. The van der Waals surface area contributed by atoms with Crippen LogP contribution in [0.25, 0.3) is 0 Å². The number of aromatic nitrogens is 3. The van der Waals surface area contributed by atoms with Gasteiger partial charge in [-0.05, 0) is 24.3 Å². The predicted octanol–water partition coefficient (Wildman–Crippen LogP) is 0.892. The third kappa shape index (κ3) is 3.73. The number of carbonyl (C=O) groups excluding carboxylic acids is 1. The average molecular weight is 273 g/mol. The van der Waals surface area contributed by atoms with Crippen molar-refractivity contribution in [2.75, 3.05) is 5.32 Å². The van der Waals surface area contributed by atoms with Gasteiger partial charge >= 0.3 is 12.0 Å². The summed E-state index contributed by atoms with van der Waals surface area (Å²) in [6.45, 7) is 0.236. The fourth-order valence-corrected chi connectivity index (χ4v) is 1.37. The van der Waals surface area contributed by atoms with Gasteiger partial charge in [-0.15, -0.1) is 0 Å². The zero-order valence-corrected chi connectivity index (χ0v) is 10.3. The Kier molecular flexibility index (Phi) is 4.17. The number of nitrogens with zero attached hydrogens (tertiary/aromatic N) is 3. The maximum Gasteiger partial charge on any atom is 0.354 e. The molecule has 0 aromatic carbocycles. The van der Waals surface area contributed by atoms with Gasteiger partial charge < -0.3 is 15.7 Å². The molecule has 2 amide bonds. The highest BCUT2D eigenvalue weighted by molar-refractivity contribution is 5.90. The molecule has 0 saturated heterocycles. The lowest BCUT2D eigenvalue weighted by Crippen LogP contribution is -2.28. The van der Waals surface area contributed by atoms with Gasteiger partial charge in [0.2, 0.25) is 0 Å². The largest absolute Gasteiger partial charge is 0.477 e. The molecule has 0 radical (unpaired) electrons. The van der Waals surface area contributed by atoms with E-state index in [2.05, 4.69) is 25.8 Å². The van der Waals surface area contributed by atoms with E-state index in [1.165, 1.54) is 18.3 Å². The molecule has 102 valence electrons. The fraction of sp³-hybridized carbons (Fsp3) is 0.0833. The molecule has 8 heteroatoms. The van der Waals surface area contributed by atoms with Crippen molar-refractivity contribution in [3.63, 3.8) is 0 Å². The Labute approximate surface area is 113 Å². The van der Waals surface area contributed by atoms with Crippen LogP contribution < -0.4 is 10.6 Å². The molecule has 8 nitrogen and oxygen atoms in total. The summed E-state index contributed by atoms with van der Waals surface area (Å²) in [5, 5.41) is 21.3. The monoisotopic (exact) mass is 273 g/mol. The van der Waals surface area contributed by atoms with Crippen LogP contribution in [-0.4, -0.2) is 32.3 Å². The smallest absolute Gasteiger partial charge is 0.354 e. The van der Waals surface area contributed by atoms with Crippen LogP contribution in [0.5, 0.6) is 0 Å². The minimum Gasteiger partial charge on any atom is -0.477 e. The zero-order valence-electron chi connectivity index (χ0n) is 10.3. The van der Waals surface area contributed by atoms with Gasteiger partial charge in [0.05, 0.1) is 24.1 Å². The van der Waals surface area contributed by atoms with Crippen LogP contribution in [0.4, 0.5) is 10.5 Å². The molecule has 0 saturated carbocycles. The predicted molar refractivity (Wildman–Crippen MR) is 69.1 cm³/mol. The Bertz CT molecular complexity index is 600. The highest BCUT2D eigenvalue weighted by Crippen LogP contribution is 2.05. The summed E-state index contributed by atoms with van der Waals surface area (Å²) in [7, 11) is 0. The molecule has 0 aliphatic carbocycles. The number of hydrogen-bond acceptors (Lipinski definition) is 5. The second kappa shape index (κ2) is 6.23. The van der Waals surface area contributed by atoms with Gasteiger partial charge in [-0.3, -0.25) is 0 Å². The standard InChI is InChI=1S/C12H11N5O3/c18-11(19)10-4-3-8(6-13-10)16-12(20)14-7-9-2-1-5-15-17-9/h1-6H,7H2,(H,18,19)(H2,14,16,20). The van der Waals surface area contributed by atoms with E-state index in [0.29, 0.717) is 11.4 Å². The lowest BCUT2D eigenvalue weighted by atomic mass is 10.3. The first-order chi connectivity index (χ1) is 9.65. The van der Waals surface area contributed by atoms with Crippen LogP contribution in [-0.2, 0) is 6.54 Å². The van der Waals surface area contributed by atoms with Crippen LogP contribution in [0.2, 0.25) is 0 Å². The quantitative estimate of drug-likeness (QED) is 0.761. The van der Waals surface area contributed by atoms with Crippen molar-refractivity contribution in [3.8, 4) is 0 Å². The van der Waals surface area contributed by atoms with Crippen molar-refractivity contribution < 1.29 is 14.7 Å². The molecule has 0 aliphatic rings. The van der Waals surface area contributed by atoms with Gasteiger partial charge in [-0.1, -0.05) is 0 Å². The van der Waals surface area contributed by atoms with E-state index in [0.717, 1.165) is 0 Å². The van der Waals surface area contributed by atoms with Gasteiger partial charge in [-0.2, -0.15) is 10.2 Å². The number of carbonyl (C=O) groups is 2. The minimum atomic E-state index is -1.12. The topological polar surface area (TPSA) is 117 Å². The summed E-state index contributed by atoms with van der Waals surface area (Å²) in [5.74, 6) is -1.12. The summed E-state index contributed by atoms with van der Waals surface area (Å²) in [5.41, 5.74) is 0.934. The lowest BCUT2D eigenvalue weighted by Gasteiger charge is -2.06. The Hall–Kier alpha value is -3.03. The van der Waals surface area contributed by atoms with E-state index in [1.54, 1.807) is 18.3 Å². The van der Waals surface area contributed by atoms with Crippen LogP contribution in [0.15, 0.2) is 36.7 Å². The molecule has 2 aromatic rings. The third-order valence-electron chi connectivity index (χ3n) is 2.30. The summed E-state index contributed by atoms with van der Waals surface area (Å²) < 4.78 is 0. The van der Waals surface area contributed by atoms with E-state index >= 15 is 0 Å². The minimum absolute atomic E-state index is 0.0875. The number of aromatic carboxylic acids is 1. The fourth-order valence-electron chi connectivity index (χ4n) is 1.37. The van der Waals surface area contributed by atoms with Crippen molar-refractivity contribution in [3.05, 3.63) is 48.0 Å². The van der Waals surface area contributed by atoms with Crippen LogP contribution >= 0.6 is 0 Å². The van der Waals surface area contributed by atoms with Gasteiger partial charge in [0.25, 0.3) is 0 Å². The summed E-state index contributed by atoms with van der Waals surface area (Å²) in [6, 6.07) is 5.77. The van der Waals surface area contributed by atoms with Gasteiger partial charge in [0.15, 0.2) is 0 Å². The molecule has 2 aromatic heterocycles. The summed E-state index contributed by atoms with van der Waals surface area (Å²) in [6.07, 6.45) is 2.81. The maximum absolute atomic E-state index is 11.6. The molecule has 3 N–H and O–H groups in total. The number of nitrogens with one attached hydrogen (secondary N) is 2. The molecule has 2 heterocycles. The lowest BCUT2D eigenvalue weighted by molar-refractivity contribution is 0.0690. The Morgan fingerprint density at radius 1 is 1.25 bits per heavy atom. The van der Waals surface area contributed by atoms with E-state index in [9.17, 15) is 9.59 Å². The highest BCUT2D eigenvalue weighted by Gasteiger charge is 2.06. The van der Waals surface area contributed by atoms with Crippen LogP contribution in [0.1, 0.15) is 16.2 Å². The molecule has 0 fully saturated rings. The van der Waals surface area contributed by atoms with Crippen molar-refractivity contribution in [2.45, 2.75) is 6.54 Å². The van der Waals surface area contributed by atoms with Crippen molar-refractivity contribution >= 4 is 17.7 Å². The molecule has 0 aliphatic heterocycles. The first kappa shape index (κ1) is 13.4. The molecule has 0 bridgehead atoms. The molecule has 20 heavy (non-hydrogen) atoms. The van der Waals surface area contributed by atoms with E-state index in [-0.39, 0.29) is 12.2 Å². The number of hydrogen-bond donors (Lipinski definition) is 3. The van der Waals surface area contributed by atoms with Crippen molar-refractivity contribution in [1.82, 2.24) is 20.5 Å². The van der Waals surface area contributed by atoms with Crippen LogP contribution in [0.3, 0.4) is 0 Å². The molecule has 0 spiro atoms. The summed E-state index contributed by atoms with van der Waals surface area (Å²) >= 11 is 0. The van der Waals surface area contributed by atoms with E-state index in [1.807, 2.05) is 0 Å². The third-order valence-corrected chi connectivity index (χ3v) is 2.30. The number of rotatable bonds is 4. The number of carboxylic acid groups (broad SMARTS) is 1. The molecule has 0 unspecified atom stereocenters. The van der Waals surface area contributed by atoms with Gasteiger partial charge in [-0.25, -0.2) is 14.6 Å². The number of urea groups is 1. The molecular weight excluding hydrogens is 262 g/mol. The number of amides is 2. The first-order valence-electron chi connectivity index (χ1n) is 5.66. The van der Waals surface area contributed by atoms with Crippen molar-refractivity contribution in [1.29, 1.82) is 0 Å². The number of anilines is 1. The highest BCUT2D eigenvalue weighted by atomic mass is 16.4. The second-order valence-corrected chi connectivity index (χ2v) is 3.76. The second-order valence-electron chi connectivity index (χ2n) is 3.76. The van der Waals surface area contributed by atoms with E-state index in [4.69, 9.17) is 5.11 Å². The van der Waals surface area contributed by atoms with Gasteiger partial charge in [0.1, 0.15) is 5.69 Å². The van der Waals surface area contributed by atoms with E-state index < -0.39 is 12.0 Å². The summed E-state index contributed by atoms with van der Waals surface area (Å²) in [4.78, 5) is 25.9. The Morgan fingerprint density at radius 2 is 2.10 bits per heavy atom. The molecule has 0 atom stereocenters.